The van der Waals surface area contributed by atoms with E-state index in [9.17, 15) is 14.4 Å². The molecule has 0 amide bonds. The molecule has 0 atom stereocenters. The minimum Gasteiger partial charge on any atom is -0.477 e. The van der Waals surface area contributed by atoms with Gasteiger partial charge < -0.3 is 9.52 Å². The van der Waals surface area contributed by atoms with Gasteiger partial charge in [0.15, 0.2) is 0 Å². The van der Waals surface area contributed by atoms with Crippen LogP contribution in [0.1, 0.15) is 22.8 Å². The second-order valence-electron chi connectivity index (χ2n) is 4.68. The van der Waals surface area contributed by atoms with Gasteiger partial charge in [0, 0.05) is 0 Å². The van der Waals surface area contributed by atoms with Gasteiger partial charge in [-0.2, -0.15) is 0 Å². The van der Waals surface area contributed by atoms with E-state index in [1.54, 1.807) is 12.1 Å². The topological polar surface area (TPSA) is 100 Å². The first kappa shape index (κ1) is 13.1. The van der Waals surface area contributed by atoms with Gasteiger partial charge in [-0.25, -0.2) is 4.79 Å². The number of carbonyl (C=O) groups is 1. The monoisotopic (exact) mass is 285 g/mol. The molecule has 0 aliphatic carbocycles. The van der Waals surface area contributed by atoms with Crippen LogP contribution in [0.2, 0.25) is 0 Å². The first-order valence-electron chi connectivity index (χ1n) is 6.37. The van der Waals surface area contributed by atoms with Crippen molar-refractivity contribution in [1.29, 1.82) is 0 Å². The van der Waals surface area contributed by atoms with E-state index in [1.807, 2.05) is 13.0 Å². The highest BCUT2D eigenvalue weighted by Crippen LogP contribution is 2.18. The van der Waals surface area contributed by atoms with Crippen molar-refractivity contribution in [3.05, 3.63) is 56.0 Å². The van der Waals surface area contributed by atoms with Gasteiger partial charge in [-0.15, -0.1) is 0 Å². The summed E-state index contributed by atoms with van der Waals surface area (Å²) in [5.74, 6) is -1.39. The number of nitrogens with one attached hydrogen (secondary N) is 1. The lowest BCUT2D eigenvalue weighted by Crippen LogP contribution is -2.19. The lowest BCUT2D eigenvalue weighted by atomic mass is 10.1. The molecule has 0 fully saturated rings. The minimum atomic E-state index is -1.39. The van der Waals surface area contributed by atoms with Crippen molar-refractivity contribution in [2.45, 2.75) is 13.3 Å². The molecule has 3 aromatic rings. The summed E-state index contributed by atoms with van der Waals surface area (Å²) in [6.45, 7) is 1.96. The highest BCUT2D eigenvalue weighted by molar-refractivity contribution is 5.94. The van der Waals surface area contributed by atoms with E-state index >= 15 is 0 Å². The molecule has 2 heterocycles. The molecule has 0 saturated heterocycles. The molecule has 1 aromatic carbocycles. The largest absolute Gasteiger partial charge is 0.477 e. The summed E-state index contributed by atoms with van der Waals surface area (Å²) in [5, 5.41) is 9.37. The van der Waals surface area contributed by atoms with Gasteiger partial charge in [0.2, 0.25) is 11.1 Å². The van der Waals surface area contributed by atoms with Crippen LogP contribution in [0.15, 0.2) is 38.3 Å². The molecule has 0 spiro atoms. The van der Waals surface area contributed by atoms with E-state index in [4.69, 9.17) is 9.52 Å². The summed E-state index contributed by atoms with van der Waals surface area (Å²) >= 11 is 0. The Morgan fingerprint density at radius 1 is 1.24 bits per heavy atom. The molecule has 0 aliphatic heterocycles. The Morgan fingerprint density at radius 2 is 2.00 bits per heavy atom. The molecule has 2 N–H and O–H groups in total. The second-order valence-corrected chi connectivity index (χ2v) is 4.68. The fourth-order valence-electron chi connectivity index (χ4n) is 2.24. The van der Waals surface area contributed by atoms with Crippen LogP contribution in [0.25, 0.3) is 22.1 Å². The van der Waals surface area contributed by atoms with Crippen LogP contribution in [-0.4, -0.2) is 16.1 Å². The Morgan fingerprint density at radius 3 is 2.67 bits per heavy atom. The molecule has 6 heteroatoms. The first-order valence-corrected chi connectivity index (χ1v) is 6.37. The smallest absolute Gasteiger partial charge is 0.341 e. The third kappa shape index (κ3) is 2.01. The molecule has 106 valence electrons. The van der Waals surface area contributed by atoms with E-state index in [-0.39, 0.29) is 16.5 Å². The van der Waals surface area contributed by atoms with Gasteiger partial charge in [-0.3, -0.25) is 14.6 Å². The fraction of sp³-hybridized carbons (Fsp3) is 0.133. The first-order chi connectivity index (χ1) is 10.0. The van der Waals surface area contributed by atoms with Gasteiger partial charge in [0.25, 0.3) is 5.56 Å². The van der Waals surface area contributed by atoms with Gasteiger partial charge in [0.05, 0.1) is 10.8 Å². The van der Waals surface area contributed by atoms with Crippen molar-refractivity contribution in [2.75, 3.05) is 0 Å². The number of hydrogen-bond acceptors (Lipinski definition) is 4. The number of aromatic amines is 1. The third-order valence-corrected chi connectivity index (χ3v) is 3.39. The zero-order valence-corrected chi connectivity index (χ0v) is 11.1. The number of hydrogen-bond donors (Lipinski definition) is 2. The summed E-state index contributed by atoms with van der Waals surface area (Å²) in [6.07, 6.45) is 0.763. The molecule has 6 nitrogen and oxygen atoms in total. The molecular formula is C15H11NO5. The zero-order valence-electron chi connectivity index (χ0n) is 11.1. The standard InChI is InChI=1S/C15H11NO5/c1-2-7-3-4-11-8(5-7)12(17)9-6-10(15(19)20)13(18)16-14(9)21-11/h3-6H,2H2,1H3,(H,16,18)(H,19,20). The maximum Gasteiger partial charge on any atom is 0.341 e. The Labute approximate surface area is 117 Å². The van der Waals surface area contributed by atoms with E-state index in [0.29, 0.717) is 11.0 Å². The lowest BCUT2D eigenvalue weighted by Gasteiger charge is -2.03. The third-order valence-electron chi connectivity index (χ3n) is 3.39. The van der Waals surface area contributed by atoms with Crippen LogP contribution < -0.4 is 11.0 Å². The summed E-state index contributed by atoms with van der Waals surface area (Å²) in [4.78, 5) is 37.4. The van der Waals surface area contributed by atoms with Crippen molar-refractivity contribution in [1.82, 2.24) is 4.98 Å². The number of aromatic carboxylic acids is 1. The lowest BCUT2D eigenvalue weighted by molar-refractivity contribution is 0.0695. The quantitative estimate of drug-likeness (QED) is 0.700. The molecule has 0 bridgehead atoms. The predicted octanol–water partition coefficient (Wildman–Crippen LogP) is 1.90. The summed E-state index contributed by atoms with van der Waals surface area (Å²) in [7, 11) is 0. The van der Waals surface area contributed by atoms with Crippen molar-refractivity contribution in [3.63, 3.8) is 0 Å². The maximum atomic E-state index is 12.5. The fourth-order valence-corrected chi connectivity index (χ4v) is 2.24. The highest BCUT2D eigenvalue weighted by Gasteiger charge is 2.15. The van der Waals surface area contributed by atoms with Crippen molar-refractivity contribution in [3.8, 4) is 0 Å². The number of H-pyrrole nitrogens is 1. The van der Waals surface area contributed by atoms with E-state index in [0.717, 1.165) is 18.1 Å². The number of rotatable bonds is 2. The van der Waals surface area contributed by atoms with Gasteiger partial charge in [-0.05, 0) is 30.2 Å². The van der Waals surface area contributed by atoms with E-state index < -0.39 is 17.1 Å². The minimum absolute atomic E-state index is 0.0215. The molecule has 2 aromatic heterocycles. The molecule has 0 aliphatic rings. The van der Waals surface area contributed by atoms with E-state index in [2.05, 4.69) is 4.98 Å². The molecule has 21 heavy (non-hydrogen) atoms. The molecular weight excluding hydrogens is 274 g/mol. The summed E-state index contributed by atoms with van der Waals surface area (Å²) in [6, 6.07) is 6.27. The van der Waals surface area contributed by atoms with E-state index in [1.165, 1.54) is 0 Å². The van der Waals surface area contributed by atoms with Crippen LogP contribution in [0.5, 0.6) is 0 Å². The second kappa shape index (κ2) is 4.59. The summed E-state index contributed by atoms with van der Waals surface area (Å²) < 4.78 is 5.49. The average molecular weight is 285 g/mol. The predicted molar refractivity (Wildman–Crippen MR) is 76.9 cm³/mol. The van der Waals surface area contributed by atoms with Crippen molar-refractivity contribution >= 4 is 28.0 Å². The van der Waals surface area contributed by atoms with Crippen LogP contribution in [-0.2, 0) is 6.42 Å². The Bertz CT molecular complexity index is 997. The average Bonchev–Trinajstić information content (AvgIpc) is 2.46. The number of benzene rings is 1. The summed E-state index contributed by atoms with van der Waals surface area (Å²) in [5.41, 5.74) is -0.351. The normalized spacial score (nSPS) is 11.1. The maximum absolute atomic E-state index is 12.5. The molecule has 0 saturated carbocycles. The Hall–Kier alpha value is -2.89. The number of fused-ring (bicyclic) bond motifs is 2. The van der Waals surface area contributed by atoms with Crippen LogP contribution in [0.3, 0.4) is 0 Å². The molecule has 3 rings (SSSR count). The van der Waals surface area contributed by atoms with Crippen molar-refractivity contribution < 1.29 is 14.3 Å². The van der Waals surface area contributed by atoms with Gasteiger partial charge in [0.1, 0.15) is 11.1 Å². The van der Waals surface area contributed by atoms with Crippen LogP contribution in [0, 0.1) is 0 Å². The zero-order chi connectivity index (χ0) is 15.1. The molecule has 0 radical (unpaired) electrons. The van der Waals surface area contributed by atoms with Crippen LogP contribution >= 0.6 is 0 Å². The Balaban J connectivity index is 2.48. The van der Waals surface area contributed by atoms with Gasteiger partial charge >= 0.3 is 5.97 Å². The number of carboxylic acids is 1. The SMILES string of the molecule is CCc1ccc2oc3[nH]c(=O)c(C(=O)O)cc3c(=O)c2c1. The van der Waals surface area contributed by atoms with Gasteiger partial charge in [-0.1, -0.05) is 13.0 Å². The van der Waals surface area contributed by atoms with Crippen LogP contribution in [0.4, 0.5) is 0 Å². The number of pyridine rings is 1. The Kier molecular flexibility index (Phi) is 2.86. The highest BCUT2D eigenvalue weighted by atomic mass is 16.4. The number of carboxylic acid groups (broad SMARTS) is 1. The van der Waals surface area contributed by atoms with Crippen molar-refractivity contribution in [2.24, 2.45) is 0 Å². The molecule has 0 unspecified atom stereocenters. The number of aromatic nitrogens is 1. The number of aryl methyl sites for hydroxylation is 1.